The number of nitrogens with zero attached hydrogens (tertiary/aromatic N) is 2. The van der Waals surface area contributed by atoms with Gasteiger partial charge in [0.05, 0.1) is 10.0 Å². The van der Waals surface area contributed by atoms with E-state index in [2.05, 4.69) is 16.7 Å². The lowest BCUT2D eigenvalue weighted by Crippen LogP contribution is -2.46. The molecule has 16 heavy (non-hydrogen) atoms. The van der Waals surface area contributed by atoms with Gasteiger partial charge in [-0.3, -0.25) is 0 Å². The van der Waals surface area contributed by atoms with Crippen LogP contribution in [0.4, 0.5) is 5.69 Å². The van der Waals surface area contributed by atoms with Crippen molar-refractivity contribution < 1.29 is 0 Å². The first-order chi connectivity index (χ1) is 7.70. The minimum atomic E-state index is 0.623. The molecule has 1 aliphatic heterocycles. The zero-order chi connectivity index (χ0) is 11.5. The molecule has 0 amide bonds. The Kier molecular flexibility index (Phi) is 3.95. The van der Waals surface area contributed by atoms with E-state index in [4.69, 9.17) is 23.2 Å². The molecule has 1 aliphatic rings. The number of halogens is 2. The monoisotopic (exact) mass is 258 g/mol. The predicted molar refractivity (Wildman–Crippen MR) is 70.8 cm³/mol. The van der Waals surface area contributed by atoms with E-state index in [1.54, 1.807) is 0 Å². The van der Waals surface area contributed by atoms with Gasteiger partial charge in [-0.15, -0.1) is 0 Å². The number of anilines is 1. The highest BCUT2D eigenvalue weighted by Gasteiger charge is 2.16. The first kappa shape index (κ1) is 12.0. The van der Waals surface area contributed by atoms with Gasteiger partial charge in [-0.25, -0.2) is 0 Å². The van der Waals surface area contributed by atoms with Crippen molar-refractivity contribution in [1.29, 1.82) is 0 Å². The molecule has 0 atom stereocenters. The van der Waals surface area contributed by atoms with Crippen LogP contribution in [0.15, 0.2) is 18.2 Å². The summed E-state index contributed by atoms with van der Waals surface area (Å²) in [5.74, 6) is 0. The van der Waals surface area contributed by atoms with Gasteiger partial charge in [-0.05, 0) is 24.7 Å². The molecule has 0 bridgehead atoms. The summed E-state index contributed by atoms with van der Waals surface area (Å²) >= 11 is 11.9. The van der Waals surface area contributed by atoms with Crippen LogP contribution in [0.25, 0.3) is 0 Å². The van der Waals surface area contributed by atoms with Gasteiger partial charge in [0, 0.05) is 31.9 Å². The van der Waals surface area contributed by atoms with Crippen molar-refractivity contribution in [2.45, 2.75) is 6.92 Å². The number of hydrogen-bond acceptors (Lipinski definition) is 2. The maximum atomic E-state index is 6.02. The van der Waals surface area contributed by atoms with E-state index >= 15 is 0 Å². The summed E-state index contributed by atoms with van der Waals surface area (Å²) in [6.07, 6.45) is 0. The van der Waals surface area contributed by atoms with Crippen molar-refractivity contribution in [2.75, 3.05) is 37.6 Å². The molecule has 0 radical (unpaired) electrons. The average molecular weight is 259 g/mol. The third-order valence-corrected chi connectivity index (χ3v) is 3.83. The van der Waals surface area contributed by atoms with Gasteiger partial charge in [0.1, 0.15) is 0 Å². The van der Waals surface area contributed by atoms with Gasteiger partial charge in [0.25, 0.3) is 0 Å². The van der Waals surface area contributed by atoms with Crippen LogP contribution in [0.1, 0.15) is 6.92 Å². The van der Waals surface area contributed by atoms with Gasteiger partial charge in [0.2, 0.25) is 0 Å². The number of rotatable bonds is 2. The van der Waals surface area contributed by atoms with E-state index in [1.165, 1.54) is 5.69 Å². The second-order valence-corrected chi connectivity index (χ2v) is 4.83. The Hall–Kier alpha value is -0.440. The molecule has 2 rings (SSSR count). The first-order valence-corrected chi connectivity index (χ1v) is 6.38. The number of hydrogen-bond donors (Lipinski definition) is 0. The van der Waals surface area contributed by atoms with E-state index in [9.17, 15) is 0 Å². The molecule has 0 aromatic heterocycles. The van der Waals surface area contributed by atoms with Gasteiger partial charge in [-0.1, -0.05) is 30.1 Å². The van der Waals surface area contributed by atoms with Crippen LogP contribution in [0.3, 0.4) is 0 Å². The quantitative estimate of drug-likeness (QED) is 0.805. The van der Waals surface area contributed by atoms with E-state index in [0.717, 1.165) is 32.7 Å². The lowest BCUT2D eigenvalue weighted by Gasteiger charge is -2.35. The predicted octanol–water partition coefficient (Wildman–Crippen LogP) is 3.14. The van der Waals surface area contributed by atoms with Crippen molar-refractivity contribution in [3.05, 3.63) is 28.2 Å². The summed E-state index contributed by atoms with van der Waals surface area (Å²) in [5, 5.41) is 1.26. The van der Waals surface area contributed by atoms with Crippen LogP contribution in [-0.4, -0.2) is 37.6 Å². The Balaban J connectivity index is 2.05. The summed E-state index contributed by atoms with van der Waals surface area (Å²) < 4.78 is 0. The fourth-order valence-corrected chi connectivity index (χ4v) is 2.30. The summed E-state index contributed by atoms with van der Waals surface area (Å²) in [5.41, 5.74) is 1.17. The molecule has 88 valence electrons. The largest absolute Gasteiger partial charge is 0.369 e. The van der Waals surface area contributed by atoms with Crippen molar-refractivity contribution in [2.24, 2.45) is 0 Å². The fourth-order valence-electron chi connectivity index (χ4n) is 2.00. The van der Waals surface area contributed by atoms with Crippen LogP contribution in [0.5, 0.6) is 0 Å². The van der Waals surface area contributed by atoms with Crippen molar-refractivity contribution >= 4 is 28.9 Å². The van der Waals surface area contributed by atoms with Crippen LogP contribution in [0, 0.1) is 0 Å². The second-order valence-electron chi connectivity index (χ2n) is 4.02. The van der Waals surface area contributed by atoms with Gasteiger partial charge in [-0.2, -0.15) is 0 Å². The third-order valence-electron chi connectivity index (χ3n) is 3.09. The fraction of sp³-hybridized carbons (Fsp3) is 0.500. The summed E-state index contributed by atoms with van der Waals surface area (Å²) in [6.45, 7) is 7.70. The molecule has 1 aromatic carbocycles. The molecule has 1 fully saturated rings. The number of likely N-dealkylation sites (N-methyl/N-ethyl adjacent to an activating group) is 1. The molecule has 0 spiro atoms. The Morgan fingerprint density at radius 3 is 2.31 bits per heavy atom. The molecular weight excluding hydrogens is 243 g/mol. The Labute approximate surface area is 107 Å². The number of piperazine rings is 1. The van der Waals surface area contributed by atoms with Crippen molar-refractivity contribution in [3.8, 4) is 0 Å². The molecule has 0 saturated carbocycles. The summed E-state index contributed by atoms with van der Waals surface area (Å²) in [6, 6.07) is 5.85. The van der Waals surface area contributed by atoms with Crippen LogP contribution in [0.2, 0.25) is 10.0 Å². The Morgan fingerprint density at radius 1 is 1.06 bits per heavy atom. The minimum absolute atomic E-state index is 0.623. The zero-order valence-corrected chi connectivity index (χ0v) is 10.9. The standard InChI is InChI=1S/C12H16Cl2N2/c1-2-15-5-7-16(8-6-15)10-3-4-11(13)12(14)9-10/h3-4,9H,2,5-8H2,1H3. The Morgan fingerprint density at radius 2 is 1.75 bits per heavy atom. The molecule has 2 nitrogen and oxygen atoms in total. The maximum absolute atomic E-state index is 6.02. The van der Waals surface area contributed by atoms with Gasteiger partial charge < -0.3 is 9.80 Å². The normalized spacial score (nSPS) is 17.8. The maximum Gasteiger partial charge on any atom is 0.0612 e. The highest BCUT2D eigenvalue weighted by molar-refractivity contribution is 6.42. The van der Waals surface area contributed by atoms with Gasteiger partial charge in [0.15, 0.2) is 0 Å². The molecule has 1 aromatic rings. The SMILES string of the molecule is CCN1CCN(c2ccc(Cl)c(Cl)c2)CC1. The Bertz CT molecular complexity index is 360. The lowest BCUT2D eigenvalue weighted by molar-refractivity contribution is 0.271. The first-order valence-electron chi connectivity index (χ1n) is 5.63. The third kappa shape index (κ3) is 2.62. The minimum Gasteiger partial charge on any atom is -0.369 e. The summed E-state index contributed by atoms with van der Waals surface area (Å²) in [4.78, 5) is 4.81. The molecule has 0 unspecified atom stereocenters. The molecule has 4 heteroatoms. The zero-order valence-electron chi connectivity index (χ0n) is 9.42. The smallest absolute Gasteiger partial charge is 0.0612 e. The van der Waals surface area contributed by atoms with Gasteiger partial charge >= 0.3 is 0 Å². The molecular formula is C12H16Cl2N2. The van der Waals surface area contributed by atoms with Crippen LogP contribution < -0.4 is 4.90 Å². The van der Waals surface area contributed by atoms with Crippen molar-refractivity contribution in [3.63, 3.8) is 0 Å². The van der Waals surface area contributed by atoms with E-state index in [1.807, 2.05) is 18.2 Å². The second kappa shape index (κ2) is 5.26. The molecule has 1 saturated heterocycles. The molecule has 1 heterocycles. The average Bonchev–Trinajstić information content (AvgIpc) is 2.33. The lowest BCUT2D eigenvalue weighted by atomic mass is 10.2. The highest BCUT2D eigenvalue weighted by atomic mass is 35.5. The summed E-state index contributed by atoms with van der Waals surface area (Å²) in [7, 11) is 0. The molecule has 0 aliphatic carbocycles. The topological polar surface area (TPSA) is 6.48 Å². The van der Waals surface area contributed by atoms with Crippen LogP contribution in [-0.2, 0) is 0 Å². The van der Waals surface area contributed by atoms with E-state index in [0.29, 0.717) is 10.0 Å². The number of benzene rings is 1. The van der Waals surface area contributed by atoms with E-state index < -0.39 is 0 Å². The van der Waals surface area contributed by atoms with E-state index in [-0.39, 0.29) is 0 Å². The molecule has 0 N–H and O–H groups in total. The van der Waals surface area contributed by atoms with Crippen LogP contribution >= 0.6 is 23.2 Å². The highest BCUT2D eigenvalue weighted by Crippen LogP contribution is 2.27. The van der Waals surface area contributed by atoms with Crippen molar-refractivity contribution in [1.82, 2.24) is 4.90 Å².